The number of aromatic nitrogens is 2. The maximum absolute atomic E-state index is 11.3. The van der Waals surface area contributed by atoms with Gasteiger partial charge in [-0.15, -0.1) is 0 Å². The Balaban J connectivity index is 2.24. The van der Waals surface area contributed by atoms with E-state index in [1.807, 2.05) is 6.92 Å². The first kappa shape index (κ1) is 11.6. The van der Waals surface area contributed by atoms with Crippen molar-refractivity contribution in [2.75, 3.05) is 6.54 Å². The zero-order valence-corrected chi connectivity index (χ0v) is 8.99. The summed E-state index contributed by atoms with van der Waals surface area (Å²) in [4.78, 5) is 15.3. The fraction of sp³-hybridized carbons (Fsp3) is 0.667. The van der Waals surface area contributed by atoms with Gasteiger partial charge in [-0.25, -0.2) is 0 Å². The molecule has 0 unspecified atom stereocenters. The van der Waals surface area contributed by atoms with Crippen LogP contribution in [0, 0.1) is 6.92 Å². The van der Waals surface area contributed by atoms with Crippen molar-refractivity contribution >= 4 is 5.91 Å². The summed E-state index contributed by atoms with van der Waals surface area (Å²) in [6.07, 6.45) is 1.16. The minimum Gasteiger partial charge on any atom is -0.354 e. The van der Waals surface area contributed by atoms with Crippen molar-refractivity contribution in [3.63, 3.8) is 0 Å². The number of carbonyl (C=O) groups is 1. The summed E-state index contributed by atoms with van der Waals surface area (Å²) >= 11 is 0. The van der Waals surface area contributed by atoms with Crippen LogP contribution >= 0.6 is 0 Å². The average Bonchev–Trinajstić information content (AvgIpc) is 2.63. The third kappa shape index (κ3) is 3.67. The fourth-order valence-electron chi connectivity index (χ4n) is 1.05. The molecule has 15 heavy (non-hydrogen) atoms. The molecule has 0 aliphatic heterocycles. The van der Waals surface area contributed by atoms with Crippen molar-refractivity contribution in [3.8, 4) is 0 Å². The highest BCUT2D eigenvalue weighted by atomic mass is 16.5. The summed E-state index contributed by atoms with van der Waals surface area (Å²) in [5, 5.41) is 6.34. The zero-order chi connectivity index (χ0) is 11.3. The van der Waals surface area contributed by atoms with E-state index in [0.29, 0.717) is 31.1 Å². The fourth-order valence-corrected chi connectivity index (χ4v) is 1.05. The minimum atomic E-state index is -0.436. The lowest BCUT2D eigenvalue weighted by Crippen LogP contribution is -2.40. The van der Waals surface area contributed by atoms with Crippen LogP contribution in [0.4, 0.5) is 0 Å². The van der Waals surface area contributed by atoms with Crippen molar-refractivity contribution in [2.24, 2.45) is 5.73 Å². The molecule has 0 saturated heterocycles. The molecule has 1 aromatic rings. The van der Waals surface area contributed by atoms with E-state index < -0.39 is 6.04 Å². The summed E-state index contributed by atoms with van der Waals surface area (Å²) in [6.45, 7) is 4.08. The van der Waals surface area contributed by atoms with Crippen molar-refractivity contribution in [3.05, 3.63) is 11.7 Å². The quantitative estimate of drug-likeness (QED) is 0.703. The van der Waals surface area contributed by atoms with E-state index in [0.717, 1.165) is 0 Å². The first-order valence-corrected chi connectivity index (χ1v) is 4.96. The van der Waals surface area contributed by atoms with Crippen LogP contribution in [-0.4, -0.2) is 28.6 Å². The Kier molecular flexibility index (Phi) is 4.23. The zero-order valence-electron chi connectivity index (χ0n) is 8.99. The molecule has 6 nitrogen and oxygen atoms in total. The van der Waals surface area contributed by atoms with E-state index in [4.69, 9.17) is 10.3 Å². The molecular formula is C9H16N4O2. The molecule has 1 atom stereocenters. The van der Waals surface area contributed by atoms with Gasteiger partial charge in [-0.2, -0.15) is 4.98 Å². The third-order valence-electron chi connectivity index (χ3n) is 1.98. The first-order valence-electron chi connectivity index (χ1n) is 4.96. The van der Waals surface area contributed by atoms with Gasteiger partial charge in [0, 0.05) is 13.0 Å². The van der Waals surface area contributed by atoms with Crippen molar-refractivity contribution < 1.29 is 9.32 Å². The largest absolute Gasteiger partial charge is 0.354 e. The Morgan fingerprint density at radius 1 is 1.67 bits per heavy atom. The van der Waals surface area contributed by atoms with Gasteiger partial charge < -0.3 is 15.6 Å². The Bertz CT molecular complexity index is 324. The summed E-state index contributed by atoms with van der Waals surface area (Å²) in [7, 11) is 0. The Morgan fingerprint density at radius 3 is 2.93 bits per heavy atom. The van der Waals surface area contributed by atoms with Crippen molar-refractivity contribution in [1.82, 2.24) is 15.5 Å². The first-order chi connectivity index (χ1) is 7.13. The van der Waals surface area contributed by atoms with E-state index in [1.54, 1.807) is 6.92 Å². The summed E-state index contributed by atoms with van der Waals surface area (Å²) in [5.41, 5.74) is 5.54. The van der Waals surface area contributed by atoms with Gasteiger partial charge in [0.2, 0.25) is 11.8 Å². The van der Waals surface area contributed by atoms with Crippen LogP contribution in [0.3, 0.4) is 0 Å². The van der Waals surface area contributed by atoms with E-state index in [1.165, 1.54) is 0 Å². The van der Waals surface area contributed by atoms with Gasteiger partial charge in [-0.05, 0) is 13.3 Å². The Morgan fingerprint density at radius 2 is 2.40 bits per heavy atom. The number of nitrogens with zero attached hydrogens (tertiary/aromatic N) is 2. The van der Waals surface area contributed by atoms with Gasteiger partial charge in [-0.3, -0.25) is 4.79 Å². The van der Waals surface area contributed by atoms with Gasteiger partial charge in [-0.1, -0.05) is 12.1 Å². The lowest BCUT2D eigenvalue weighted by Gasteiger charge is -2.08. The lowest BCUT2D eigenvalue weighted by atomic mass is 10.2. The maximum Gasteiger partial charge on any atom is 0.236 e. The highest BCUT2D eigenvalue weighted by molar-refractivity contribution is 5.81. The molecule has 3 N–H and O–H groups in total. The second-order valence-corrected chi connectivity index (χ2v) is 3.29. The SMILES string of the molecule is CC[C@H](N)C(=O)NCCc1nc(C)no1. The summed E-state index contributed by atoms with van der Waals surface area (Å²) in [5.74, 6) is 0.980. The smallest absolute Gasteiger partial charge is 0.236 e. The normalized spacial score (nSPS) is 12.5. The molecule has 0 aromatic carbocycles. The number of amides is 1. The van der Waals surface area contributed by atoms with Crippen LogP contribution in [0.1, 0.15) is 25.1 Å². The molecule has 1 heterocycles. The van der Waals surface area contributed by atoms with Crippen molar-refractivity contribution in [1.29, 1.82) is 0 Å². The molecule has 0 radical (unpaired) electrons. The van der Waals surface area contributed by atoms with Crippen LogP contribution in [0.25, 0.3) is 0 Å². The predicted octanol–water partition coefficient (Wildman–Crippen LogP) is -0.226. The standard InChI is InChI=1S/C9H16N4O2/c1-3-7(10)9(14)11-5-4-8-12-6(2)13-15-8/h7H,3-5,10H2,1-2H3,(H,11,14)/t7-/m0/s1. The number of hydrogen-bond acceptors (Lipinski definition) is 5. The van der Waals surface area contributed by atoms with Gasteiger partial charge in [0.1, 0.15) is 0 Å². The molecule has 6 heteroatoms. The molecular weight excluding hydrogens is 196 g/mol. The van der Waals surface area contributed by atoms with Crippen LogP contribution < -0.4 is 11.1 Å². The average molecular weight is 212 g/mol. The number of nitrogens with two attached hydrogens (primary N) is 1. The van der Waals surface area contributed by atoms with Crippen LogP contribution in [-0.2, 0) is 11.2 Å². The molecule has 0 aliphatic rings. The maximum atomic E-state index is 11.3. The number of aryl methyl sites for hydroxylation is 1. The molecule has 0 fully saturated rings. The van der Waals surface area contributed by atoms with Crippen LogP contribution in [0.5, 0.6) is 0 Å². The van der Waals surface area contributed by atoms with E-state index >= 15 is 0 Å². The highest BCUT2D eigenvalue weighted by Gasteiger charge is 2.10. The molecule has 1 aromatic heterocycles. The molecule has 0 aliphatic carbocycles. The van der Waals surface area contributed by atoms with E-state index in [-0.39, 0.29) is 5.91 Å². The molecule has 84 valence electrons. The molecule has 0 bridgehead atoms. The Hall–Kier alpha value is -1.43. The van der Waals surface area contributed by atoms with Gasteiger partial charge >= 0.3 is 0 Å². The minimum absolute atomic E-state index is 0.145. The Labute approximate surface area is 88.2 Å². The number of carbonyl (C=O) groups excluding carboxylic acids is 1. The summed E-state index contributed by atoms with van der Waals surface area (Å²) < 4.78 is 4.89. The monoisotopic (exact) mass is 212 g/mol. The number of rotatable bonds is 5. The topological polar surface area (TPSA) is 94.0 Å². The molecule has 0 spiro atoms. The van der Waals surface area contributed by atoms with Crippen molar-refractivity contribution in [2.45, 2.75) is 32.7 Å². The molecule has 1 amide bonds. The number of hydrogen-bond donors (Lipinski definition) is 2. The van der Waals surface area contributed by atoms with Crippen LogP contribution in [0.2, 0.25) is 0 Å². The second kappa shape index (κ2) is 5.45. The van der Waals surface area contributed by atoms with Gasteiger partial charge in [0.25, 0.3) is 0 Å². The van der Waals surface area contributed by atoms with E-state index in [2.05, 4.69) is 15.5 Å². The van der Waals surface area contributed by atoms with Gasteiger partial charge in [0.05, 0.1) is 6.04 Å². The lowest BCUT2D eigenvalue weighted by molar-refractivity contribution is -0.122. The predicted molar refractivity (Wildman–Crippen MR) is 54.0 cm³/mol. The van der Waals surface area contributed by atoms with E-state index in [9.17, 15) is 4.79 Å². The van der Waals surface area contributed by atoms with Crippen LogP contribution in [0.15, 0.2) is 4.52 Å². The molecule has 1 rings (SSSR count). The highest BCUT2D eigenvalue weighted by Crippen LogP contribution is 1.95. The second-order valence-electron chi connectivity index (χ2n) is 3.29. The number of nitrogens with one attached hydrogen (secondary N) is 1. The third-order valence-corrected chi connectivity index (χ3v) is 1.98. The summed E-state index contributed by atoms with van der Waals surface area (Å²) in [6, 6.07) is -0.436. The van der Waals surface area contributed by atoms with Gasteiger partial charge in [0.15, 0.2) is 5.82 Å². The molecule has 0 saturated carbocycles.